The van der Waals surface area contributed by atoms with Crippen molar-refractivity contribution in [3.8, 4) is 17.7 Å². The van der Waals surface area contributed by atoms with Gasteiger partial charge in [-0.25, -0.2) is 9.37 Å². The maximum Gasteiger partial charge on any atom is 0.255 e. The Labute approximate surface area is 171 Å². The van der Waals surface area contributed by atoms with Crippen molar-refractivity contribution in [1.82, 2.24) is 10.3 Å². The summed E-state index contributed by atoms with van der Waals surface area (Å²) in [5, 5.41) is 13.5. The van der Waals surface area contributed by atoms with Crippen molar-refractivity contribution in [1.29, 1.82) is 5.26 Å². The molecule has 0 saturated carbocycles. The molecule has 1 fully saturated rings. The van der Waals surface area contributed by atoms with Crippen LogP contribution in [0.2, 0.25) is 0 Å². The van der Waals surface area contributed by atoms with Gasteiger partial charge in [0.2, 0.25) is 5.88 Å². The van der Waals surface area contributed by atoms with Crippen molar-refractivity contribution >= 4 is 32.6 Å². The second kappa shape index (κ2) is 8.31. The number of hydrogen-bond donors (Lipinski definition) is 1. The van der Waals surface area contributed by atoms with Gasteiger partial charge in [0.25, 0.3) is 5.91 Å². The lowest BCUT2D eigenvalue weighted by molar-refractivity contribution is -0.123. The van der Waals surface area contributed by atoms with Crippen LogP contribution in [0.3, 0.4) is 0 Å². The maximum atomic E-state index is 14.0. The zero-order valence-corrected chi connectivity index (χ0v) is 17.4. The van der Waals surface area contributed by atoms with E-state index in [1.54, 1.807) is 18.3 Å². The lowest BCUT2D eigenvalue weighted by atomic mass is 9.97. The molecule has 1 aromatic heterocycles. The smallest absolute Gasteiger partial charge is 0.255 e. The average Bonchev–Trinajstić information content (AvgIpc) is 2.93. The zero-order valence-electron chi connectivity index (χ0n) is 15.8. The highest BCUT2D eigenvalue weighted by Gasteiger charge is 2.41. The van der Waals surface area contributed by atoms with Crippen molar-refractivity contribution in [3.05, 3.63) is 28.4 Å². The van der Waals surface area contributed by atoms with Gasteiger partial charge in [-0.15, -0.1) is 0 Å². The molecule has 28 heavy (non-hydrogen) atoms. The molecule has 3 rings (SSSR count). The Hall–Kier alpha value is -2.40. The van der Waals surface area contributed by atoms with Gasteiger partial charge in [-0.2, -0.15) is 5.26 Å². The highest BCUT2D eigenvalue weighted by Crippen LogP contribution is 2.35. The monoisotopic (exact) mass is 449 g/mol. The van der Waals surface area contributed by atoms with Crippen LogP contribution >= 0.6 is 15.9 Å². The summed E-state index contributed by atoms with van der Waals surface area (Å²) in [6, 6.07) is 5.17. The molecule has 1 amide bonds. The standard InChI is InChI=1S/C20H21BrFN3O3/c1-4-12-16(25-19(26)18(12)22)9-27-20-14-6-17(28-10(2)3)11(7-23)5-13(14)15(21)8-24-20/h5-6,8,10,12,16,18H,4,9H2,1-3H3,(H,25,26)/t12-,16+,18-/m0/s1. The van der Waals surface area contributed by atoms with E-state index in [4.69, 9.17) is 9.47 Å². The molecule has 1 aliphatic heterocycles. The minimum atomic E-state index is -1.52. The van der Waals surface area contributed by atoms with E-state index in [-0.39, 0.29) is 12.7 Å². The van der Waals surface area contributed by atoms with Crippen molar-refractivity contribution in [2.24, 2.45) is 5.92 Å². The Morgan fingerprint density at radius 3 is 2.79 bits per heavy atom. The molecule has 0 bridgehead atoms. The minimum absolute atomic E-state index is 0.102. The normalized spacial score (nSPS) is 21.6. The lowest BCUT2D eigenvalue weighted by Crippen LogP contribution is -2.34. The van der Waals surface area contributed by atoms with E-state index in [1.807, 2.05) is 20.8 Å². The van der Waals surface area contributed by atoms with Crippen molar-refractivity contribution in [2.75, 3.05) is 6.61 Å². The third-order valence-electron chi connectivity index (χ3n) is 4.73. The van der Waals surface area contributed by atoms with Gasteiger partial charge >= 0.3 is 0 Å². The molecule has 6 nitrogen and oxygen atoms in total. The first kappa shape index (κ1) is 20.3. The molecular weight excluding hydrogens is 429 g/mol. The highest BCUT2D eigenvalue weighted by atomic mass is 79.9. The molecule has 0 spiro atoms. The minimum Gasteiger partial charge on any atom is -0.490 e. The lowest BCUT2D eigenvalue weighted by Gasteiger charge is -2.19. The molecule has 2 heterocycles. The number of aromatic nitrogens is 1. The van der Waals surface area contributed by atoms with Gasteiger partial charge in [-0.1, -0.05) is 6.92 Å². The summed E-state index contributed by atoms with van der Waals surface area (Å²) in [7, 11) is 0. The second-order valence-corrected chi connectivity index (χ2v) is 7.84. The summed E-state index contributed by atoms with van der Waals surface area (Å²) in [6.07, 6.45) is 0.497. The van der Waals surface area contributed by atoms with Crippen LogP contribution in [0.4, 0.5) is 4.39 Å². The Kier molecular flexibility index (Phi) is 6.04. The molecule has 1 aliphatic rings. The Morgan fingerprint density at radius 2 is 2.14 bits per heavy atom. The Balaban J connectivity index is 1.94. The number of nitrogens with zero attached hydrogens (tertiary/aromatic N) is 2. The van der Waals surface area contributed by atoms with Crippen LogP contribution in [0.5, 0.6) is 11.6 Å². The molecule has 1 aromatic carbocycles. The number of amides is 1. The van der Waals surface area contributed by atoms with Gasteiger partial charge in [0.1, 0.15) is 18.4 Å². The van der Waals surface area contributed by atoms with Crippen LogP contribution in [0, 0.1) is 17.2 Å². The van der Waals surface area contributed by atoms with Gasteiger partial charge in [0.15, 0.2) is 6.17 Å². The first-order valence-corrected chi connectivity index (χ1v) is 9.91. The molecule has 1 N–H and O–H groups in total. The van der Waals surface area contributed by atoms with Crippen LogP contribution in [0.25, 0.3) is 10.8 Å². The zero-order chi connectivity index (χ0) is 20.4. The van der Waals surface area contributed by atoms with E-state index in [0.29, 0.717) is 33.5 Å². The van der Waals surface area contributed by atoms with E-state index in [1.165, 1.54) is 0 Å². The molecular formula is C20H21BrFN3O3. The maximum absolute atomic E-state index is 14.0. The fraction of sp³-hybridized carbons (Fsp3) is 0.450. The van der Waals surface area contributed by atoms with Crippen molar-refractivity contribution in [2.45, 2.75) is 45.5 Å². The fourth-order valence-corrected chi connectivity index (χ4v) is 3.79. The quantitative estimate of drug-likeness (QED) is 0.722. The van der Waals surface area contributed by atoms with Gasteiger partial charge in [-0.05, 0) is 48.3 Å². The number of hydrogen-bond acceptors (Lipinski definition) is 5. The summed E-state index contributed by atoms with van der Waals surface area (Å²) < 4.78 is 26.3. The van der Waals surface area contributed by atoms with E-state index in [2.05, 4.69) is 32.3 Å². The van der Waals surface area contributed by atoms with Crippen molar-refractivity contribution in [3.63, 3.8) is 0 Å². The van der Waals surface area contributed by atoms with Gasteiger partial charge in [0, 0.05) is 27.4 Å². The third kappa shape index (κ3) is 3.90. The topological polar surface area (TPSA) is 84.2 Å². The number of ether oxygens (including phenoxy) is 2. The number of rotatable bonds is 6. The number of nitrogens with one attached hydrogen (secondary N) is 1. The van der Waals surface area contributed by atoms with Gasteiger partial charge in [0.05, 0.1) is 17.7 Å². The number of fused-ring (bicyclic) bond motifs is 1. The summed E-state index contributed by atoms with van der Waals surface area (Å²) in [6.45, 7) is 5.71. The largest absolute Gasteiger partial charge is 0.490 e. The summed E-state index contributed by atoms with van der Waals surface area (Å²) in [5.74, 6) is -0.249. The Morgan fingerprint density at radius 1 is 1.39 bits per heavy atom. The molecule has 0 unspecified atom stereocenters. The highest BCUT2D eigenvalue weighted by molar-refractivity contribution is 9.10. The van der Waals surface area contributed by atoms with Gasteiger partial charge < -0.3 is 14.8 Å². The first-order chi connectivity index (χ1) is 13.3. The predicted molar refractivity (Wildman–Crippen MR) is 106 cm³/mol. The molecule has 8 heteroatoms. The molecule has 1 saturated heterocycles. The second-order valence-electron chi connectivity index (χ2n) is 6.98. The third-order valence-corrected chi connectivity index (χ3v) is 5.36. The summed E-state index contributed by atoms with van der Waals surface area (Å²) >= 11 is 3.45. The number of nitriles is 1. The predicted octanol–water partition coefficient (Wildman–Crippen LogP) is 3.90. The number of halogens is 2. The number of carbonyl (C=O) groups is 1. The van der Waals surface area contributed by atoms with Crippen LogP contribution in [0.15, 0.2) is 22.8 Å². The van der Waals surface area contributed by atoms with Gasteiger partial charge in [-0.3, -0.25) is 4.79 Å². The fourth-order valence-electron chi connectivity index (χ4n) is 3.36. The number of pyridine rings is 1. The van der Waals surface area contributed by atoms with Crippen LogP contribution in [-0.2, 0) is 4.79 Å². The number of alkyl halides is 1. The average molecular weight is 450 g/mol. The SMILES string of the molecule is CC[C@@H]1[C@H](F)C(=O)N[C@@H]1COc1ncc(Br)c2cc(C#N)c(OC(C)C)cc12. The molecule has 3 atom stereocenters. The van der Waals surface area contributed by atoms with E-state index >= 15 is 0 Å². The van der Waals surface area contributed by atoms with E-state index < -0.39 is 24.0 Å². The summed E-state index contributed by atoms with van der Waals surface area (Å²) in [4.78, 5) is 15.9. The molecule has 0 aliphatic carbocycles. The number of carbonyl (C=O) groups excluding carboxylic acids is 1. The van der Waals surface area contributed by atoms with E-state index in [9.17, 15) is 14.4 Å². The molecule has 2 aromatic rings. The first-order valence-electron chi connectivity index (χ1n) is 9.12. The Bertz CT molecular complexity index is 944. The van der Waals surface area contributed by atoms with Crippen LogP contribution in [0.1, 0.15) is 32.8 Å². The van der Waals surface area contributed by atoms with E-state index in [0.717, 1.165) is 5.39 Å². The van der Waals surface area contributed by atoms with Crippen LogP contribution < -0.4 is 14.8 Å². The number of benzene rings is 1. The van der Waals surface area contributed by atoms with Crippen molar-refractivity contribution < 1.29 is 18.7 Å². The molecule has 148 valence electrons. The van der Waals surface area contributed by atoms with Crippen LogP contribution in [-0.4, -0.2) is 35.8 Å². The summed E-state index contributed by atoms with van der Waals surface area (Å²) in [5.41, 5.74) is 0.411. The molecule has 0 radical (unpaired) electrons.